The molecule has 3 aromatic rings. The summed E-state index contributed by atoms with van der Waals surface area (Å²) >= 11 is 6.27. The fraction of sp³-hybridized carbons (Fsp3) is 0.278. The third-order valence-corrected chi connectivity index (χ3v) is 4.43. The topological polar surface area (TPSA) is 91.5 Å². The number of imidazole rings is 1. The van der Waals surface area contributed by atoms with Gasteiger partial charge in [0.1, 0.15) is 11.3 Å². The molecular weight excluding hydrogens is 356 g/mol. The second-order valence-electron chi connectivity index (χ2n) is 5.78. The number of fused-ring (bicyclic) bond motifs is 1. The number of aromatic nitrogens is 3. The minimum Gasteiger partial charge on any atom is -0.395 e. The summed E-state index contributed by atoms with van der Waals surface area (Å²) < 4.78 is 1.82. The first kappa shape index (κ1) is 18.3. The van der Waals surface area contributed by atoms with E-state index in [-0.39, 0.29) is 32.2 Å². The van der Waals surface area contributed by atoms with Gasteiger partial charge in [-0.15, -0.1) is 0 Å². The monoisotopic (exact) mass is 374 g/mol. The number of amides is 1. The second-order valence-corrected chi connectivity index (χ2v) is 6.19. The van der Waals surface area contributed by atoms with Crippen LogP contribution < -0.4 is 0 Å². The summed E-state index contributed by atoms with van der Waals surface area (Å²) in [6, 6.07) is 9.05. The Hall–Kier alpha value is -2.48. The molecule has 7 nitrogen and oxygen atoms in total. The van der Waals surface area contributed by atoms with E-state index in [1.54, 1.807) is 12.1 Å². The summed E-state index contributed by atoms with van der Waals surface area (Å²) in [6.07, 6.45) is 1.48. The summed E-state index contributed by atoms with van der Waals surface area (Å²) in [5, 5.41) is 18.8. The Kier molecular flexibility index (Phi) is 5.51. The van der Waals surface area contributed by atoms with Crippen LogP contribution in [0.1, 0.15) is 10.4 Å². The number of nitrogens with zero attached hydrogens (tertiary/aromatic N) is 4. The number of carbonyl (C=O) groups is 1. The maximum absolute atomic E-state index is 12.6. The van der Waals surface area contributed by atoms with Gasteiger partial charge in [0.2, 0.25) is 0 Å². The van der Waals surface area contributed by atoms with Crippen LogP contribution >= 0.6 is 11.6 Å². The van der Waals surface area contributed by atoms with Crippen molar-refractivity contribution in [2.24, 2.45) is 7.05 Å². The Morgan fingerprint density at radius 1 is 1.23 bits per heavy atom. The fourth-order valence-corrected chi connectivity index (χ4v) is 3.04. The number of rotatable bonds is 6. The van der Waals surface area contributed by atoms with Crippen molar-refractivity contribution >= 4 is 28.7 Å². The van der Waals surface area contributed by atoms with Crippen molar-refractivity contribution in [3.63, 3.8) is 0 Å². The van der Waals surface area contributed by atoms with Gasteiger partial charge in [-0.05, 0) is 18.2 Å². The van der Waals surface area contributed by atoms with Crippen LogP contribution in [0.15, 0.2) is 36.5 Å². The predicted molar refractivity (Wildman–Crippen MR) is 99.0 cm³/mol. The Morgan fingerprint density at radius 2 is 1.92 bits per heavy atom. The van der Waals surface area contributed by atoms with E-state index in [0.717, 1.165) is 5.56 Å². The quantitative estimate of drug-likeness (QED) is 0.685. The van der Waals surface area contributed by atoms with E-state index in [0.29, 0.717) is 27.6 Å². The van der Waals surface area contributed by atoms with Crippen LogP contribution in [-0.4, -0.2) is 61.9 Å². The lowest BCUT2D eigenvalue weighted by Crippen LogP contribution is -2.35. The summed E-state index contributed by atoms with van der Waals surface area (Å²) in [4.78, 5) is 22.9. The van der Waals surface area contributed by atoms with Crippen LogP contribution in [0.5, 0.6) is 0 Å². The Bertz CT molecular complexity index is 935. The first-order chi connectivity index (χ1) is 12.6. The van der Waals surface area contributed by atoms with Crippen molar-refractivity contribution in [2.75, 3.05) is 26.3 Å². The maximum atomic E-state index is 12.6. The summed E-state index contributed by atoms with van der Waals surface area (Å²) in [7, 11) is 1.84. The molecule has 0 saturated carbocycles. The highest BCUT2D eigenvalue weighted by atomic mass is 35.5. The molecule has 0 fully saturated rings. The lowest BCUT2D eigenvalue weighted by Gasteiger charge is -2.20. The summed E-state index contributed by atoms with van der Waals surface area (Å²) in [6.45, 7) is -0.0711. The van der Waals surface area contributed by atoms with E-state index >= 15 is 0 Å². The highest BCUT2D eigenvalue weighted by Crippen LogP contribution is 2.28. The number of benzene rings is 1. The van der Waals surface area contributed by atoms with Crippen LogP contribution in [0.4, 0.5) is 0 Å². The van der Waals surface area contributed by atoms with Crippen LogP contribution in [-0.2, 0) is 7.05 Å². The highest BCUT2D eigenvalue weighted by molar-refractivity contribution is 6.33. The minimum absolute atomic E-state index is 0.143. The molecule has 0 unspecified atom stereocenters. The van der Waals surface area contributed by atoms with E-state index < -0.39 is 0 Å². The van der Waals surface area contributed by atoms with E-state index in [1.807, 2.05) is 29.8 Å². The minimum atomic E-state index is -0.313. The lowest BCUT2D eigenvalue weighted by molar-refractivity contribution is 0.0684. The molecule has 0 spiro atoms. The standard InChI is InChI=1S/C18H19ClN4O3/c1-22-16(13-4-2-3-5-14(13)19)21-15-10-12(11-20-17(15)22)18(26)23(6-8-24)7-9-25/h2-5,10-11,24-25H,6-9H2,1H3. The van der Waals surface area contributed by atoms with Crippen LogP contribution in [0, 0.1) is 0 Å². The third-order valence-electron chi connectivity index (χ3n) is 4.10. The largest absolute Gasteiger partial charge is 0.395 e. The SMILES string of the molecule is Cn1c(-c2ccccc2Cl)nc2cc(C(=O)N(CCO)CCO)cnc21. The third kappa shape index (κ3) is 3.41. The number of aryl methyl sites for hydroxylation is 1. The molecule has 136 valence electrons. The number of hydrogen-bond acceptors (Lipinski definition) is 5. The van der Waals surface area contributed by atoms with Crippen molar-refractivity contribution in [2.45, 2.75) is 0 Å². The van der Waals surface area contributed by atoms with Crippen molar-refractivity contribution < 1.29 is 15.0 Å². The van der Waals surface area contributed by atoms with Crippen molar-refractivity contribution in [1.29, 1.82) is 0 Å². The first-order valence-corrected chi connectivity index (χ1v) is 8.53. The number of aliphatic hydroxyl groups excluding tert-OH is 2. The molecule has 2 N–H and O–H groups in total. The van der Waals surface area contributed by atoms with Gasteiger partial charge in [0.15, 0.2) is 5.65 Å². The first-order valence-electron chi connectivity index (χ1n) is 8.15. The Labute approximate surface area is 155 Å². The predicted octanol–water partition coefficient (Wildman–Crippen LogP) is 1.72. The molecule has 0 aliphatic carbocycles. The van der Waals surface area contributed by atoms with E-state index in [1.165, 1.54) is 11.1 Å². The molecule has 3 rings (SSSR count). The van der Waals surface area contributed by atoms with Gasteiger partial charge in [0.25, 0.3) is 5.91 Å². The molecular formula is C18H19ClN4O3. The zero-order valence-electron chi connectivity index (χ0n) is 14.3. The molecule has 0 saturated heterocycles. The zero-order chi connectivity index (χ0) is 18.7. The molecule has 2 heterocycles. The average Bonchev–Trinajstić information content (AvgIpc) is 2.97. The molecule has 26 heavy (non-hydrogen) atoms. The fourth-order valence-electron chi connectivity index (χ4n) is 2.82. The average molecular weight is 375 g/mol. The normalized spacial score (nSPS) is 11.1. The Balaban J connectivity index is 2.02. The van der Waals surface area contributed by atoms with E-state index in [4.69, 9.17) is 21.8 Å². The maximum Gasteiger partial charge on any atom is 0.255 e. The van der Waals surface area contributed by atoms with Gasteiger partial charge < -0.3 is 19.7 Å². The number of carbonyl (C=O) groups excluding carboxylic acids is 1. The molecule has 1 amide bonds. The molecule has 0 aliphatic heterocycles. The van der Waals surface area contributed by atoms with Gasteiger partial charge >= 0.3 is 0 Å². The van der Waals surface area contributed by atoms with Crippen molar-refractivity contribution in [3.8, 4) is 11.4 Å². The van der Waals surface area contributed by atoms with Crippen molar-refractivity contribution in [1.82, 2.24) is 19.4 Å². The lowest BCUT2D eigenvalue weighted by atomic mass is 10.2. The molecule has 0 aliphatic rings. The van der Waals surface area contributed by atoms with Gasteiger partial charge in [-0.1, -0.05) is 23.7 Å². The molecule has 1 aromatic carbocycles. The van der Waals surface area contributed by atoms with Crippen LogP contribution in [0.25, 0.3) is 22.6 Å². The summed E-state index contributed by atoms with van der Waals surface area (Å²) in [5.41, 5.74) is 2.33. The molecule has 8 heteroatoms. The summed E-state index contributed by atoms with van der Waals surface area (Å²) in [5.74, 6) is 0.345. The van der Waals surface area contributed by atoms with Gasteiger partial charge in [-0.2, -0.15) is 0 Å². The number of halogens is 1. The van der Waals surface area contributed by atoms with Crippen LogP contribution in [0.3, 0.4) is 0 Å². The zero-order valence-corrected chi connectivity index (χ0v) is 15.0. The molecule has 0 atom stereocenters. The second kappa shape index (κ2) is 7.82. The highest BCUT2D eigenvalue weighted by Gasteiger charge is 2.19. The number of aliphatic hydroxyl groups is 2. The molecule has 0 radical (unpaired) electrons. The smallest absolute Gasteiger partial charge is 0.255 e. The van der Waals surface area contributed by atoms with E-state index in [2.05, 4.69) is 9.97 Å². The number of hydrogen-bond donors (Lipinski definition) is 2. The molecule has 0 bridgehead atoms. The van der Waals surface area contributed by atoms with Gasteiger partial charge in [0, 0.05) is 31.9 Å². The van der Waals surface area contributed by atoms with Gasteiger partial charge in [-0.25, -0.2) is 9.97 Å². The van der Waals surface area contributed by atoms with Gasteiger partial charge in [0.05, 0.1) is 23.8 Å². The van der Waals surface area contributed by atoms with E-state index in [9.17, 15) is 4.79 Å². The molecule has 2 aromatic heterocycles. The Morgan fingerprint density at radius 3 is 2.58 bits per heavy atom. The van der Waals surface area contributed by atoms with Crippen molar-refractivity contribution in [3.05, 3.63) is 47.1 Å². The number of pyridine rings is 1. The van der Waals surface area contributed by atoms with Gasteiger partial charge in [-0.3, -0.25) is 4.79 Å². The van der Waals surface area contributed by atoms with Crippen LogP contribution in [0.2, 0.25) is 5.02 Å².